The van der Waals surface area contributed by atoms with Crippen LogP contribution in [0.5, 0.6) is 5.75 Å². The molecular weight excluding hydrogens is 390 g/mol. The lowest BCUT2D eigenvalue weighted by Gasteiger charge is -2.22. The van der Waals surface area contributed by atoms with Gasteiger partial charge in [0, 0.05) is 36.4 Å². The van der Waals surface area contributed by atoms with Crippen LogP contribution in [0.4, 0.5) is 10.5 Å². The highest BCUT2D eigenvalue weighted by atomic mass is 16.5. The van der Waals surface area contributed by atoms with Crippen LogP contribution in [0, 0.1) is 5.92 Å². The number of carbonyl (C=O) groups is 2. The summed E-state index contributed by atoms with van der Waals surface area (Å²) in [6.45, 7) is 2.49. The minimum Gasteiger partial charge on any atom is -0.498 e. The quantitative estimate of drug-likeness (QED) is 0.650. The molecule has 1 aromatic carbocycles. The minimum absolute atomic E-state index is 0.00532. The minimum atomic E-state index is -1.25. The van der Waals surface area contributed by atoms with E-state index in [0.717, 1.165) is 4.90 Å². The third kappa shape index (κ3) is 4.82. The molecule has 3 rings (SSSR count). The van der Waals surface area contributed by atoms with E-state index in [-0.39, 0.29) is 23.9 Å². The maximum Gasteiger partial charge on any atom is 0.412 e. The normalized spacial score (nSPS) is 16.3. The number of ether oxygens (including phenoxy) is 2. The van der Waals surface area contributed by atoms with Crippen molar-refractivity contribution in [2.24, 2.45) is 5.92 Å². The first-order valence-corrected chi connectivity index (χ1v) is 9.92. The zero-order valence-corrected chi connectivity index (χ0v) is 17.1. The van der Waals surface area contributed by atoms with Crippen molar-refractivity contribution < 1.29 is 28.6 Å². The number of methoxy groups -OCH3 is 1. The van der Waals surface area contributed by atoms with Gasteiger partial charge in [0.15, 0.2) is 5.78 Å². The molecule has 1 N–H and O–H groups in total. The predicted octanol–water partition coefficient (Wildman–Crippen LogP) is 3.97. The Morgan fingerprint density at radius 3 is 2.77 bits per heavy atom. The van der Waals surface area contributed by atoms with E-state index in [2.05, 4.69) is 0 Å². The molecule has 0 saturated carbocycles. The molecule has 1 aromatic heterocycles. The monoisotopic (exact) mass is 415 g/mol. The van der Waals surface area contributed by atoms with Crippen LogP contribution >= 0.6 is 0 Å². The summed E-state index contributed by atoms with van der Waals surface area (Å²) in [4.78, 5) is 37.4. The Balaban J connectivity index is 1.71. The Morgan fingerprint density at radius 2 is 2.10 bits per heavy atom. The summed E-state index contributed by atoms with van der Waals surface area (Å²) >= 11 is 0. The van der Waals surface area contributed by atoms with Gasteiger partial charge in [0.05, 0.1) is 19.5 Å². The van der Waals surface area contributed by atoms with Crippen LogP contribution in [0.1, 0.15) is 32.6 Å². The van der Waals surface area contributed by atoms with Crippen molar-refractivity contribution in [1.29, 1.82) is 0 Å². The molecular formula is C22H25NO7. The van der Waals surface area contributed by atoms with E-state index in [1.165, 1.54) is 13.2 Å². The number of hydrogen-bond donors (Lipinski definition) is 1. The second-order valence-corrected chi connectivity index (χ2v) is 7.08. The highest BCUT2D eigenvalue weighted by Gasteiger charge is 2.25. The lowest BCUT2D eigenvalue weighted by Crippen LogP contribution is -2.34. The number of nitrogens with zero attached hydrogens (tertiary/aromatic N) is 1. The standard InChI is InChI=1S/C22H25NO7/c1-3-29-17-9-6-14(19(24)12-17)5-4-10-23(22(26)27)18-11-15-7-8-16(28-2)13-20(15)30-21(18)25/h7-8,11-14H,3-6,9-10H2,1-2H3,(H,26,27). The Hall–Kier alpha value is -3.29. The molecule has 2 aromatic rings. The lowest BCUT2D eigenvalue weighted by molar-refractivity contribution is -0.119. The molecule has 0 radical (unpaired) electrons. The third-order valence-corrected chi connectivity index (χ3v) is 5.16. The van der Waals surface area contributed by atoms with Crippen LogP contribution in [0.2, 0.25) is 0 Å². The molecule has 1 aliphatic carbocycles. The van der Waals surface area contributed by atoms with E-state index >= 15 is 0 Å². The number of benzene rings is 1. The Bertz CT molecular complexity index is 1020. The van der Waals surface area contributed by atoms with Gasteiger partial charge in [-0.3, -0.25) is 9.69 Å². The van der Waals surface area contributed by atoms with Gasteiger partial charge in [0.1, 0.15) is 17.0 Å². The maximum atomic E-state index is 12.4. The predicted molar refractivity (Wildman–Crippen MR) is 111 cm³/mol. The van der Waals surface area contributed by atoms with Crippen LogP contribution in [-0.4, -0.2) is 37.2 Å². The van der Waals surface area contributed by atoms with Gasteiger partial charge in [-0.25, -0.2) is 9.59 Å². The Labute approximate surface area is 173 Å². The van der Waals surface area contributed by atoms with Gasteiger partial charge in [-0.2, -0.15) is 0 Å². The van der Waals surface area contributed by atoms with E-state index in [0.29, 0.717) is 54.8 Å². The number of ketones is 1. The Kier molecular flexibility index (Phi) is 6.76. The molecule has 1 heterocycles. The van der Waals surface area contributed by atoms with Crippen LogP contribution < -0.4 is 15.3 Å². The fourth-order valence-corrected chi connectivity index (χ4v) is 3.60. The average molecular weight is 415 g/mol. The first kappa shape index (κ1) is 21.4. The number of carbonyl (C=O) groups excluding carboxylic acids is 1. The van der Waals surface area contributed by atoms with Crippen LogP contribution in [0.25, 0.3) is 11.0 Å². The molecule has 0 bridgehead atoms. The molecule has 1 amide bonds. The molecule has 1 unspecified atom stereocenters. The summed E-state index contributed by atoms with van der Waals surface area (Å²) in [6, 6.07) is 6.47. The van der Waals surface area contributed by atoms with Crippen molar-refractivity contribution in [2.45, 2.75) is 32.6 Å². The second kappa shape index (κ2) is 9.47. The zero-order chi connectivity index (χ0) is 21.7. The highest BCUT2D eigenvalue weighted by molar-refractivity contribution is 5.93. The summed E-state index contributed by atoms with van der Waals surface area (Å²) in [5.41, 5.74) is -0.469. The number of carboxylic acid groups (broad SMARTS) is 1. The van der Waals surface area contributed by atoms with E-state index in [9.17, 15) is 19.5 Å². The van der Waals surface area contributed by atoms with Crippen LogP contribution in [-0.2, 0) is 9.53 Å². The summed E-state index contributed by atoms with van der Waals surface area (Å²) in [5, 5.41) is 10.2. The van der Waals surface area contributed by atoms with Gasteiger partial charge in [-0.1, -0.05) is 0 Å². The third-order valence-electron chi connectivity index (χ3n) is 5.16. The zero-order valence-electron chi connectivity index (χ0n) is 17.1. The molecule has 8 heteroatoms. The molecule has 0 fully saturated rings. The molecule has 1 atom stereocenters. The van der Waals surface area contributed by atoms with Crippen molar-refractivity contribution in [2.75, 3.05) is 25.2 Å². The van der Waals surface area contributed by atoms with Gasteiger partial charge in [0.2, 0.25) is 0 Å². The number of rotatable bonds is 8. The molecule has 1 aliphatic rings. The van der Waals surface area contributed by atoms with E-state index in [1.807, 2.05) is 6.92 Å². The Morgan fingerprint density at radius 1 is 1.30 bits per heavy atom. The van der Waals surface area contributed by atoms with Crippen molar-refractivity contribution in [1.82, 2.24) is 0 Å². The smallest absolute Gasteiger partial charge is 0.412 e. The number of anilines is 1. The maximum absolute atomic E-state index is 12.4. The summed E-state index contributed by atoms with van der Waals surface area (Å²) in [6.07, 6.45) is 2.65. The first-order valence-electron chi connectivity index (χ1n) is 9.92. The average Bonchev–Trinajstić information content (AvgIpc) is 2.72. The van der Waals surface area contributed by atoms with Crippen LogP contribution in [0.3, 0.4) is 0 Å². The van der Waals surface area contributed by atoms with Crippen molar-refractivity contribution in [3.8, 4) is 5.75 Å². The molecule has 8 nitrogen and oxygen atoms in total. The summed E-state index contributed by atoms with van der Waals surface area (Å²) in [7, 11) is 1.50. The lowest BCUT2D eigenvalue weighted by atomic mass is 9.88. The largest absolute Gasteiger partial charge is 0.498 e. The molecule has 0 saturated heterocycles. The molecule has 30 heavy (non-hydrogen) atoms. The molecule has 160 valence electrons. The summed E-state index contributed by atoms with van der Waals surface area (Å²) < 4.78 is 15.8. The van der Waals surface area contributed by atoms with Gasteiger partial charge in [-0.15, -0.1) is 0 Å². The SMILES string of the molecule is CCOC1=CC(=O)C(CCCN(C(=O)O)c2cc3ccc(OC)cc3oc2=O)CC1. The topological polar surface area (TPSA) is 106 Å². The second-order valence-electron chi connectivity index (χ2n) is 7.08. The van der Waals surface area contributed by atoms with Gasteiger partial charge in [-0.05, 0) is 44.4 Å². The summed E-state index contributed by atoms with van der Waals surface area (Å²) in [5.74, 6) is 1.08. The van der Waals surface area contributed by atoms with Crippen molar-refractivity contribution in [3.63, 3.8) is 0 Å². The van der Waals surface area contributed by atoms with Crippen molar-refractivity contribution >= 4 is 28.5 Å². The number of hydrogen-bond acceptors (Lipinski definition) is 6. The number of amides is 1. The van der Waals surface area contributed by atoms with Gasteiger partial charge >= 0.3 is 11.7 Å². The van der Waals surface area contributed by atoms with Crippen LogP contribution in [0.15, 0.2) is 45.3 Å². The van der Waals surface area contributed by atoms with Gasteiger partial charge in [0.25, 0.3) is 0 Å². The fourth-order valence-electron chi connectivity index (χ4n) is 3.60. The first-order chi connectivity index (χ1) is 14.4. The van der Waals surface area contributed by atoms with E-state index in [1.54, 1.807) is 24.3 Å². The van der Waals surface area contributed by atoms with Gasteiger partial charge < -0.3 is 19.0 Å². The van der Waals surface area contributed by atoms with Crippen molar-refractivity contribution in [3.05, 3.63) is 46.5 Å². The molecule has 0 aliphatic heterocycles. The van der Waals surface area contributed by atoms with E-state index < -0.39 is 11.7 Å². The number of fused-ring (bicyclic) bond motifs is 1. The molecule has 0 spiro atoms. The van der Waals surface area contributed by atoms with E-state index in [4.69, 9.17) is 13.9 Å². The fraction of sp³-hybridized carbons (Fsp3) is 0.409. The number of allylic oxidation sites excluding steroid dienone is 2. The highest BCUT2D eigenvalue weighted by Crippen LogP contribution is 2.26.